The summed E-state index contributed by atoms with van der Waals surface area (Å²) < 4.78 is 39.7. The Balaban J connectivity index is 1.81. The third-order valence-electron chi connectivity index (χ3n) is 3.19. The molecule has 0 atom stereocenters. The van der Waals surface area contributed by atoms with Gasteiger partial charge in [0.25, 0.3) is 0 Å². The minimum atomic E-state index is -4.40. The lowest BCUT2D eigenvalue weighted by Crippen LogP contribution is -2.04. The Morgan fingerprint density at radius 2 is 2.08 bits per heavy atom. The number of carboxylic acids is 1. The molecule has 0 saturated heterocycles. The van der Waals surface area contributed by atoms with Gasteiger partial charge in [-0.1, -0.05) is 12.1 Å². The number of nitrogens with zero attached hydrogens (tertiary/aromatic N) is 3. The maximum atomic E-state index is 12.8. The number of hydrogen-bond donors (Lipinski definition) is 1. The number of alkyl halides is 3. The van der Waals surface area contributed by atoms with Gasteiger partial charge in [0.2, 0.25) is 0 Å². The van der Waals surface area contributed by atoms with Crippen molar-refractivity contribution in [2.45, 2.75) is 12.7 Å². The SMILES string of the molecule is O=C(O)c1cnn(Cc2cnc(-c3cccc(C(F)(F)F)c3)s2)c1. The van der Waals surface area contributed by atoms with E-state index in [-0.39, 0.29) is 5.56 Å². The molecule has 2 heterocycles. The second kappa shape index (κ2) is 6.08. The van der Waals surface area contributed by atoms with Crippen LogP contribution in [-0.2, 0) is 12.7 Å². The van der Waals surface area contributed by atoms with Crippen LogP contribution in [-0.4, -0.2) is 25.8 Å². The van der Waals surface area contributed by atoms with E-state index in [1.165, 1.54) is 34.5 Å². The molecule has 3 rings (SSSR count). The van der Waals surface area contributed by atoms with Crippen LogP contribution in [0.4, 0.5) is 13.2 Å². The molecule has 2 aromatic heterocycles. The first-order valence-corrected chi connectivity index (χ1v) is 7.52. The van der Waals surface area contributed by atoms with Crippen molar-refractivity contribution in [3.63, 3.8) is 0 Å². The monoisotopic (exact) mass is 353 g/mol. The highest BCUT2D eigenvalue weighted by atomic mass is 32.1. The molecular formula is C15H10F3N3O2S. The minimum Gasteiger partial charge on any atom is -0.478 e. The fraction of sp³-hybridized carbons (Fsp3) is 0.133. The lowest BCUT2D eigenvalue weighted by atomic mass is 10.1. The summed E-state index contributed by atoms with van der Waals surface area (Å²) in [6.45, 7) is 0.296. The van der Waals surface area contributed by atoms with Crippen LogP contribution in [0.25, 0.3) is 10.6 Å². The number of carboxylic acid groups (broad SMARTS) is 1. The zero-order valence-corrected chi connectivity index (χ0v) is 12.8. The van der Waals surface area contributed by atoms with Crippen molar-refractivity contribution < 1.29 is 23.1 Å². The van der Waals surface area contributed by atoms with E-state index in [2.05, 4.69) is 10.1 Å². The van der Waals surface area contributed by atoms with E-state index in [1.54, 1.807) is 12.3 Å². The summed E-state index contributed by atoms with van der Waals surface area (Å²) in [6.07, 6.45) is -0.246. The summed E-state index contributed by atoms with van der Waals surface area (Å²) >= 11 is 1.23. The Bertz CT molecular complexity index is 886. The molecule has 0 amide bonds. The van der Waals surface area contributed by atoms with Gasteiger partial charge in [-0.05, 0) is 12.1 Å². The normalized spacial score (nSPS) is 11.6. The molecule has 0 spiro atoms. The van der Waals surface area contributed by atoms with E-state index in [0.717, 1.165) is 17.0 Å². The minimum absolute atomic E-state index is 0.0672. The van der Waals surface area contributed by atoms with E-state index in [1.807, 2.05) is 0 Å². The number of carbonyl (C=O) groups is 1. The van der Waals surface area contributed by atoms with Crippen molar-refractivity contribution in [3.05, 3.63) is 58.9 Å². The van der Waals surface area contributed by atoms with Crippen LogP contribution in [0, 0.1) is 0 Å². The van der Waals surface area contributed by atoms with Crippen LogP contribution in [0.15, 0.2) is 42.9 Å². The number of rotatable bonds is 4. The van der Waals surface area contributed by atoms with Crippen molar-refractivity contribution in [3.8, 4) is 10.6 Å². The molecule has 0 aliphatic heterocycles. The van der Waals surface area contributed by atoms with E-state index < -0.39 is 17.7 Å². The molecule has 24 heavy (non-hydrogen) atoms. The highest BCUT2D eigenvalue weighted by molar-refractivity contribution is 7.15. The van der Waals surface area contributed by atoms with Gasteiger partial charge < -0.3 is 5.11 Å². The summed E-state index contributed by atoms with van der Waals surface area (Å²) in [5.74, 6) is -1.07. The molecule has 3 aromatic rings. The molecule has 0 saturated carbocycles. The molecule has 124 valence electrons. The Morgan fingerprint density at radius 3 is 2.75 bits per heavy atom. The lowest BCUT2D eigenvalue weighted by molar-refractivity contribution is -0.137. The van der Waals surface area contributed by atoms with Crippen LogP contribution in [0.1, 0.15) is 20.8 Å². The third kappa shape index (κ3) is 3.46. The quantitative estimate of drug-likeness (QED) is 0.775. The Morgan fingerprint density at radius 1 is 1.29 bits per heavy atom. The molecule has 0 aliphatic carbocycles. The lowest BCUT2D eigenvalue weighted by Gasteiger charge is -2.07. The van der Waals surface area contributed by atoms with Crippen LogP contribution < -0.4 is 0 Å². The maximum absolute atomic E-state index is 12.8. The van der Waals surface area contributed by atoms with Gasteiger partial charge in [-0.3, -0.25) is 4.68 Å². The van der Waals surface area contributed by atoms with Gasteiger partial charge in [0.05, 0.1) is 23.9 Å². The van der Waals surface area contributed by atoms with Crippen molar-refractivity contribution >= 4 is 17.3 Å². The van der Waals surface area contributed by atoms with Crippen molar-refractivity contribution in [1.29, 1.82) is 0 Å². The van der Waals surface area contributed by atoms with Crippen LogP contribution in [0.3, 0.4) is 0 Å². The van der Waals surface area contributed by atoms with Gasteiger partial charge >= 0.3 is 12.1 Å². The fourth-order valence-electron chi connectivity index (χ4n) is 2.06. The summed E-state index contributed by atoms with van der Waals surface area (Å²) in [4.78, 5) is 15.7. The third-order valence-corrected chi connectivity index (χ3v) is 4.22. The average molecular weight is 353 g/mol. The second-order valence-corrected chi connectivity index (χ2v) is 6.06. The predicted octanol–water partition coefficient (Wildman–Crippen LogP) is 3.77. The number of aromatic nitrogens is 3. The van der Waals surface area contributed by atoms with Crippen LogP contribution in [0.5, 0.6) is 0 Å². The van der Waals surface area contributed by atoms with E-state index >= 15 is 0 Å². The van der Waals surface area contributed by atoms with Gasteiger partial charge in [0.1, 0.15) is 5.01 Å². The van der Waals surface area contributed by atoms with Crippen molar-refractivity contribution in [2.24, 2.45) is 0 Å². The number of benzene rings is 1. The van der Waals surface area contributed by atoms with E-state index in [0.29, 0.717) is 17.1 Å². The van der Waals surface area contributed by atoms with E-state index in [9.17, 15) is 18.0 Å². The number of hydrogen-bond acceptors (Lipinski definition) is 4. The molecule has 9 heteroatoms. The highest BCUT2D eigenvalue weighted by Crippen LogP contribution is 2.33. The molecule has 0 fully saturated rings. The van der Waals surface area contributed by atoms with E-state index in [4.69, 9.17) is 5.11 Å². The molecule has 0 aliphatic rings. The van der Waals surface area contributed by atoms with Gasteiger partial charge in [-0.15, -0.1) is 11.3 Å². The first-order valence-electron chi connectivity index (χ1n) is 6.71. The Kier molecular flexibility index (Phi) is 4.10. The topological polar surface area (TPSA) is 68.0 Å². The first kappa shape index (κ1) is 16.2. The first-order chi connectivity index (χ1) is 11.3. The number of halogens is 3. The molecule has 1 aromatic carbocycles. The Hall–Kier alpha value is -2.68. The number of aromatic carboxylic acids is 1. The Labute approximate surface area is 138 Å². The molecule has 1 N–H and O–H groups in total. The van der Waals surface area contributed by atoms with Gasteiger partial charge in [-0.2, -0.15) is 18.3 Å². The standard InChI is InChI=1S/C15H10F3N3O2S/c16-15(17,18)11-3-1-2-9(4-11)13-19-6-12(24-13)8-21-7-10(5-20-21)14(22)23/h1-7H,8H2,(H,22,23). The van der Waals surface area contributed by atoms with Crippen LogP contribution in [0.2, 0.25) is 0 Å². The summed E-state index contributed by atoms with van der Waals surface area (Å²) in [6, 6.07) is 4.97. The maximum Gasteiger partial charge on any atom is 0.416 e. The fourth-order valence-corrected chi connectivity index (χ4v) is 2.96. The smallest absolute Gasteiger partial charge is 0.416 e. The van der Waals surface area contributed by atoms with Gasteiger partial charge in [0.15, 0.2) is 0 Å². The molecule has 0 unspecified atom stereocenters. The van der Waals surface area contributed by atoms with Crippen molar-refractivity contribution in [2.75, 3.05) is 0 Å². The van der Waals surface area contributed by atoms with Gasteiger partial charge in [-0.25, -0.2) is 9.78 Å². The predicted molar refractivity (Wildman–Crippen MR) is 80.8 cm³/mol. The zero-order chi connectivity index (χ0) is 17.3. The van der Waals surface area contributed by atoms with Crippen LogP contribution >= 0.6 is 11.3 Å². The summed E-state index contributed by atoms with van der Waals surface area (Å²) in [5, 5.41) is 13.2. The molecular weight excluding hydrogens is 343 g/mol. The highest BCUT2D eigenvalue weighted by Gasteiger charge is 2.30. The van der Waals surface area contributed by atoms with Gasteiger partial charge in [0, 0.05) is 22.8 Å². The number of thiazole rings is 1. The summed E-state index contributed by atoms with van der Waals surface area (Å²) in [5.41, 5.74) is -0.277. The molecule has 0 bridgehead atoms. The summed E-state index contributed by atoms with van der Waals surface area (Å²) in [7, 11) is 0. The second-order valence-electron chi connectivity index (χ2n) is 4.94. The molecule has 5 nitrogen and oxygen atoms in total. The largest absolute Gasteiger partial charge is 0.478 e. The zero-order valence-electron chi connectivity index (χ0n) is 12.0. The average Bonchev–Trinajstić information content (AvgIpc) is 3.16. The van der Waals surface area contributed by atoms with Crippen molar-refractivity contribution in [1.82, 2.24) is 14.8 Å². The molecule has 0 radical (unpaired) electrons.